The first-order valence-corrected chi connectivity index (χ1v) is 5.15. The molecular formula is C7H18NOP. The maximum atomic E-state index is 8.58. The zero-order valence-electron chi connectivity index (χ0n) is 6.80. The Morgan fingerprint density at radius 1 is 1.40 bits per heavy atom. The predicted molar refractivity (Wildman–Crippen MR) is 47.9 cm³/mol. The molecule has 0 spiro atoms. The molecule has 0 aliphatic carbocycles. The topological polar surface area (TPSA) is 46.2 Å². The minimum Gasteiger partial charge on any atom is -0.395 e. The van der Waals surface area contributed by atoms with E-state index < -0.39 is 0 Å². The molecule has 0 bridgehead atoms. The molecule has 3 heteroatoms. The van der Waals surface area contributed by atoms with Crippen molar-refractivity contribution in [1.29, 1.82) is 0 Å². The van der Waals surface area contributed by atoms with Crippen molar-refractivity contribution in [2.24, 2.45) is 11.7 Å². The Bertz CT molecular complexity index is 78.0. The van der Waals surface area contributed by atoms with Crippen molar-refractivity contribution in [2.75, 3.05) is 18.9 Å². The number of aliphatic hydroxyl groups excluding tert-OH is 1. The molecule has 0 saturated heterocycles. The summed E-state index contributed by atoms with van der Waals surface area (Å²) in [7, 11) is 0.915. The van der Waals surface area contributed by atoms with Gasteiger partial charge in [-0.2, -0.15) is 0 Å². The van der Waals surface area contributed by atoms with Gasteiger partial charge in [-0.1, -0.05) is 13.8 Å². The smallest absolute Gasteiger partial charge is 0.0585 e. The van der Waals surface area contributed by atoms with Gasteiger partial charge in [-0.25, -0.2) is 0 Å². The van der Waals surface area contributed by atoms with Crippen LogP contribution in [-0.2, 0) is 0 Å². The van der Waals surface area contributed by atoms with Gasteiger partial charge in [-0.15, -0.1) is 8.58 Å². The zero-order valence-corrected chi connectivity index (χ0v) is 7.80. The summed E-state index contributed by atoms with van der Waals surface area (Å²) < 4.78 is 0. The van der Waals surface area contributed by atoms with Crippen LogP contribution in [-0.4, -0.2) is 30.1 Å². The average molecular weight is 163 g/mol. The lowest BCUT2D eigenvalue weighted by Gasteiger charge is -2.08. The predicted octanol–water partition coefficient (Wildman–Crippen LogP) is 0.640. The largest absolute Gasteiger partial charge is 0.395 e. The van der Waals surface area contributed by atoms with Crippen molar-refractivity contribution < 1.29 is 5.11 Å². The van der Waals surface area contributed by atoms with Crippen molar-refractivity contribution in [1.82, 2.24) is 0 Å². The number of rotatable bonds is 5. The summed E-state index contributed by atoms with van der Waals surface area (Å²) >= 11 is 0. The highest BCUT2D eigenvalue weighted by atomic mass is 31.1. The molecule has 0 aromatic rings. The van der Waals surface area contributed by atoms with Gasteiger partial charge in [0.1, 0.15) is 0 Å². The lowest BCUT2D eigenvalue weighted by atomic mass is 10.3. The molecule has 3 N–H and O–H groups in total. The van der Waals surface area contributed by atoms with Gasteiger partial charge in [0.2, 0.25) is 0 Å². The van der Waals surface area contributed by atoms with Crippen LogP contribution in [0.1, 0.15) is 13.8 Å². The van der Waals surface area contributed by atoms with E-state index in [1.807, 2.05) is 0 Å². The van der Waals surface area contributed by atoms with Gasteiger partial charge >= 0.3 is 0 Å². The summed E-state index contributed by atoms with van der Waals surface area (Å²) in [6, 6.07) is 0.0112. The van der Waals surface area contributed by atoms with E-state index in [9.17, 15) is 0 Å². The highest BCUT2D eigenvalue weighted by Crippen LogP contribution is 2.14. The van der Waals surface area contributed by atoms with Crippen LogP contribution < -0.4 is 5.73 Å². The fraction of sp³-hybridized carbons (Fsp3) is 1.00. The van der Waals surface area contributed by atoms with E-state index in [2.05, 4.69) is 13.8 Å². The molecule has 0 saturated carbocycles. The van der Waals surface area contributed by atoms with Crippen molar-refractivity contribution in [3.05, 3.63) is 0 Å². The van der Waals surface area contributed by atoms with Crippen LogP contribution in [0.3, 0.4) is 0 Å². The fourth-order valence-corrected chi connectivity index (χ4v) is 1.87. The van der Waals surface area contributed by atoms with Crippen LogP contribution in [0.15, 0.2) is 0 Å². The molecule has 0 amide bonds. The van der Waals surface area contributed by atoms with Gasteiger partial charge in [0.15, 0.2) is 0 Å². The van der Waals surface area contributed by atoms with Gasteiger partial charge in [0, 0.05) is 6.04 Å². The summed E-state index contributed by atoms with van der Waals surface area (Å²) in [5.41, 5.74) is 5.52. The van der Waals surface area contributed by atoms with E-state index >= 15 is 0 Å². The number of hydrogen-bond donors (Lipinski definition) is 2. The Kier molecular flexibility index (Phi) is 6.30. The minimum atomic E-state index is 0.0112. The first-order chi connectivity index (χ1) is 4.66. The normalized spacial score (nSPS) is 15.3. The molecule has 62 valence electrons. The number of hydrogen-bond acceptors (Lipinski definition) is 2. The second kappa shape index (κ2) is 6.09. The molecule has 2 nitrogen and oxygen atoms in total. The molecule has 0 fully saturated rings. The zero-order chi connectivity index (χ0) is 7.98. The third-order valence-electron chi connectivity index (χ3n) is 1.19. The molecule has 0 aliphatic rings. The van der Waals surface area contributed by atoms with Crippen LogP contribution in [0.25, 0.3) is 0 Å². The maximum absolute atomic E-state index is 8.58. The number of aliphatic hydroxyl groups is 1. The van der Waals surface area contributed by atoms with Crippen LogP contribution >= 0.6 is 8.58 Å². The second-order valence-corrected chi connectivity index (χ2v) is 4.31. The third-order valence-corrected chi connectivity index (χ3v) is 3.11. The molecule has 2 atom stereocenters. The van der Waals surface area contributed by atoms with E-state index in [1.54, 1.807) is 0 Å². The Labute approximate surface area is 65.0 Å². The average Bonchev–Trinajstić information content (AvgIpc) is 1.87. The lowest BCUT2D eigenvalue weighted by molar-refractivity contribution is 0.275. The summed E-state index contributed by atoms with van der Waals surface area (Å²) in [4.78, 5) is 0. The molecule has 2 unspecified atom stereocenters. The molecule has 0 aliphatic heterocycles. The monoisotopic (exact) mass is 163 g/mol. The number of nitrogens with two attached hydrogens (primary N) is 1. The summed E-state index contributed by atoms with van der Waals surface area (Å²) in [5, 5.41) is 8.58. The van der Waals surface area contributed by atoms with Gasteiger partial charge in [0.05, 0.1) is 6.61 Å². The summed E-state index contributed by atoms with van der Waals surface area (Å²) in [6.07, 6.45) is 2.22. The van der Waals surface area contributed by atoms with E-state index in [-0.39, 0.29) is 12.6 Å². The third kappa shape index (κ3) is 6.47. The molecule has 10 heavy (non-hydrogen) atoms. The van der Waals surface area contributed by atoms with E-state index in [4.69, 9.17) is 10.8 Å². The van der Waals surface area contributed by atoms with E-state index in [0.29, 0.717) is 0 Å². The first-order valence-electron chi connectivity index (χ1n) is 3.74. The second-order valence-electron chi connectivity index (χ2n) is 2.99. The van der Waals surface area contributed by atoms with Gasteiger partial charge in [-0.05, 0) is 18.2 Å². The standard InChI is InChI=1S/C7H18NOP/c1-6(2)4-10-5-7(8)3-9/h6-7,9-10H,3-5,8H2,1-2H3. The van der Waals surface area contributed by atoms with E-state index in [1.165, 1.54) is 6.16 Å². The highest BCUT2D eigenvalue weighted by molar-refractivity contribution is 7.38. The Hall–Kier alpha value is 0.350. The quantitative estimate of drug-likeness (QED) is 0.584. The molecule has 0 aromatic heterocycles. The van der Waals surface area contributed by atoms with Crippen LogP contribution in [0.5, 0.6) is 0 Å². The van der Waals surface area contributed by atoms with Crippen molar-refractivity contribution in [2.45, 2.75) is 19.9 Å². The Balaban J connectivity index is 3.03. The molecule has 0 radical (unpaired) electrons. The lowest BCUT2D eigenvalue weighted by Crippen LogP contribution is -2.26. The van der Waals surface area contributed by atoms with Crippen LogP contribution in [0.2, 0.25) is 0 Å². The molecule has 0 rings (SSSR count). The van der Waals surface area contributed by atoms with Gasteiger partial charge < -0.3 is 10.8 Å². The van der Waals surface area contributed by atoms with Gasteiger partial charge in [-0.3, -0.25) is 0 Å². The van der Waals surface area contributed by atoms with E-state index in [0.717, 1.165) is 20.7 Å². The minimum absolute atomic E-state index is 0.0112. The summed E-state index contributed by atoms with van der Waals surface area (Å²) in [6.45, 7) is 4.54. The maximum Gasteiger partial charge on any atom is 0.0585 e. The van der Waals surface area contributed by atoms with Crippen LogP contribution in [0, 0.1) is 5.92 Å². The molecular weight excluding hydrogens is 145 g/mol. The highest BCUT2D eigenvalue weighted by Gasteiger charge is 1.99. The first kappa shape index (κ1) is 10.3. The van der Waals surface area contributed by atoms with Crippen LogP contribution in [0.4, 0.5) is 0 Å². The summed E-state index contributed by atoms with van der Waals surface area (Å²) in [5.74, 6) is 0.768. The van der Waals surface area contributed by atoms with Crippen molar-refractivity contribution in [3.8, 4) is 0 Å². The van der Waals surface area contributed by atoms with Gasteiger partial charge in [0.25, 0.3) is 0 Å². The fourth-order valence-electron chi connectivity index (χ4n) is 0.622. The van der Waals surface area contributed by atoms with Crippen molar-refractivity contribution in [3.63, 3.8) is 0 Å². The molecule has 0 heterocycles. The molecule has 0 aromatic carbocycles. The SMILES string of the molecule is CC(C)CPCC(N)CO. The Morgan fingerprint density at radius 3 is 2.40 bits per heavy atom. The van der Waals surface area contributed by atoms with Crippen molar-refractivity contribution >= 4 is 8.58 Å². The Morgan fingerprint density at radius 2 is 2.00 bits per heavy atom.